The van der Waals surface area contributed by atoms with Crippen molar-refractivity contribution in [1.82, 2.24) is 14.5 Å². The van der Waals surface area contributed by atoms with Gasteiger partial charge in [0.2, 0.25) is 5.88 Å². The highest BCUT2D eigenvalue weighted by atomic mass is 35.5. The van der Waals surface area contributed by atoms with Crippen LogP contribution >= 0.6 is 23.2 Å². The largest absolute Gasteiger partial charge is 0.473 e. The summed E-state index contributed by atoms with van der Waals surface area (Å²) >= 11 is 12.0. The summed E-state index contributed by atoms with van der Waals surface area (Å²) in [6, 6.07) is 3.95. The minimum Gasteiger partial charge on any atom is -0.473 e. The van der Waals surface area contributed by atoms with Crippen LogP contribution in [0.15, 0.2) is 29.2 Å². The zero-order valence-electron chi connectivity index (χ0n) is 16.0. The Balaban J connectivity index is 1.55. The number of methoxy groups -OCH3 is 1. The molecule has 7 nitrogen and oxygen atoms in total. The molecule has 30 heavy (non-hydrogen) atoms. The lowest BCUT2D eigenvalue weighted by Gasteiger charge is -2.29. The molecule has 1 N–H and O–H groups in total. The molecule has 0 aliphatic heterocycles. The number of esters is 1. The third-order valence-electron chi connectivity index (χ3n) is 5.27. The monoisotopic (exact) mass is 453 g/mol. The quantitative estimate of drug-likeness (QED) is 0.586. The van der Waals surface area contributed by atoms with Gasteiger partial charge >= 0.3 is 11.7 Å². The lowest BCUT2D eigenvalue weighted by Crippen LogP contribution is -2.30. The molecular weight excluding hydrogens is 436 g/mol. The van der Waals surface area contributed by atoms with Gasteiger partial charge in [0.1, 0.15) is 16.9 Å². The predicted molar refractivity (Wildman–Crippen MR) is 110 cm³/mol. The Hall–Kier alpha value is -2.58. The van der Waals surface area contributed by atoms with Gasteiger partial charge in [0, 0.05) is 18.3 Å². The zero-order valence-corrected chi connectivity index (χ0v) is 17.5. The number of aromatic nitrogens is 3. The molecule has 1 aliphatic rings. The standard InChI is InChI=1S/C20H18Cl2FN3O4/c1-29-19(27)13-7-17-16(8-15(13)23)25-20(28)26(17)11-2-4-12(5-3-11)30-18-14(22)6-10(21)9-24-18/h6-9,11-12H,2-5H2,1H3,(H,25,28). The Kier molecular flexibility index (Phi) is 5.71. The molecule has 0 atom stereocenters. The van der Waals surface area contributed by atoms with Crippen molar-refractivity contribution in [1.29, 1.82) is 0 Å². The van der Waals surface area contributed by atoms with Gasteiger partial charge in [-0.3, -0.25) is 4.57 Å². The van der Waals surface area contributed by atoms with Crippen molar-refractivity contribution in [2.75, 3.05) is 7.11 Å². The second kappa shape index (κ2) is 8.28. The number of pyridine rings is 1. The summed E-state index contributed by atoms with van der Waals surface area (Å²) in [6.45, 7) is 0. The maximum absolute atomic E-state index is 14.2. The molecule has 1 aliphatic carbocycles. The molecule has 0 amide bonds. The van der Waals surface area contributed by atoms with E-state index in [1.807, 2.05) is 0 Å². The topological polar surface area (TPSA) is 86.2 Å². The fraction of sp³-hybridized carbons (Fsp3) is 0.350. The third kappa shape index (κ3) is 3.89. The summed E-state index contributed by atoms with van der Waals surface area (Å²) in [5.41, 5.74) is 0.241. The van der Waals surface area contributed by atoms with Crippen molar-refractivity contribution >= 4 is 40.2 Å². The van der Waals surface area contributed by atoms with Crippen LogP contribution in [0.4, 0.5) is 4.39 Å². The number of benzene rings is 1. The van der Waals surface area contributed by atoms with Crippen LogP contribution in [-0.4, -0.2) is 33.7 Å². The smallest absolute Gasteiger partial charge is 0.340 e. The summed E-state index contributed by atoms with van der Waals surface area (Å²) in [7, 11) is 1.18. The number of carbonyl (C=O) groups is 1. The number of nitrogens with zero attached hydrogens (tertiary/aromatic N) is 2. The molecule has 0 radical (unpaired) electrons. The van der Waals surface area contributed by atoms with Crippen molar-refractivity contribution < 1.29 is 18.7 Å². The normalized spacial score (nSPS) is 19.1. The lowest BCUT2D eigenvalue weighted by molar-refractivity contribution is 0.0595. The van der Waals surface area contributed by atoms with Crippen molar-refractivity contribution in [2.24, 2.45) is 0 Å². The van der Waals surface area contributed by atoms with Gasteiger partial charge in [-0.1, -0.05) is 23.2 Å². The number of rotatable bonds is 4. The highest BCUT2D eigenvalue weighted by Gasteiger charge is 2.27. The molecule has 1 aromatic carbocycles. The van der Waals surface area contributed by atoms with E-state index in [0.717, 1.165) is 6.07 Å². The van der Waals surface area contributed by atoms with E-state index in [4.69, 9.17) is 27.9 Å². The van der Waals surface area contributed by atoms with E-state index in [2.05, 4.69) is 14.7 Å². The van der Waals surface area contributed by atoms with Gasteiger partial charge in [0.15, 0.2) is 0 Å². The first kappa shape index (κ1) is 20.7. The molecule has 2 aromatic heterocycles. The number of ether oxygens (including phenoxy) is 2. The molecular formula is C20H18Cl2FN3O4. The summed E-state index contributed by atoms with van der Waals surface area (Å²) in [5.74, 6) is -1.21. The Morgan fingerprint density at radius 3 is 2.63 bits per heavy atom. The summed E-state index contributed by atoms with van der Waals surface area (Å²) in [4.78, 5) is 31.2. The fourth-order valence-corrected chi connectivity index (χ4v) is 4.27. The number of halogens is 3. The van der Waals surface area contributed by atoms with Crippen molar-refractivity contribution in [3.8, 4) is 5.88 Å². The molecule has 10 heteroatoms. The number of nitrogens with one attached hydrogen (secondary N) is 1. The molecule has 4 rings (SSSR count). The Morgan fingerprint density at radius 1 is 1.23 bits per heavy atom. The van der Waals surface area contributed by atoms with Crippen molar-refractivity contribution in [3.05, 3.63) is 56.3 Å². The average molecular weight is 454 g/mol. The van der Waals surface area contributed by atoms with Gasteiger partial charge in [-0.2, -0.15) is 0 Å². The first-order valence-electron chi connectivity index (χ1n) is 9.37. The van der Waals surface area contributed by atoms with Crippen LogP contribution in [0.5, 0.6) is 5.88 Å². The predicted octanol–water partition coefficient (Wildman–Crippen LogP) is 4.52. The number of aromatic amines is 1. The van der Waals surface area contributed by atoms with Crippen LogP contribution in [0.3, 0.4) is 0 Å². The number of hydrogen-bond donors (Lipinski definition) is 1. The van der Waals surface area contributed by atoms with Crippen LogP contribution in [0.2, 0.25) is 10.0 Å². The molecule has 0 spiro atoms. The van der Waals surface area contributed by atoms with E-state index in [9.17, 15) is 14.0 Å². The fourth-order valence-electron chi connectivity index (χ4n) is 3.84. The number of carbonyl (C=O) groups excluding carboxylic acids is 1. The summed E-state index contributed by atoms with van der Waals surface area (Å²) in [6.07, 6.45) is 4.04. The van der Waals surface area contributed by atoms with Gasteiger partial charge < -0.3 is 14.5 Å². The van der Waals surface area contributed by atoms with Gasteiger partial charge in [0.25, 0.3) is 0 Å². The second-order valence-corrected chi connectivity index (χ2v) is 7.97. The highest BCUT2D eigenvalue weighted by Crippen LogP contribution is 2.34. The van der Waals surface area contributed by atoms with E-state index in [1.165, 1.54) is 19.4 Å². The molecule has 1 fully saturated rings. The van der Waals surface area contributed by atoms with E-state index in [1.54, 1.807) is 10.6 Å². The Morgan fingerprint density at radius 2 is 1.97 bits per heavy atom. The number of imidazole rings is 1. The van der Waals surface area contributed by atoms with Gasteiger partial charge in [-0.25, -0.2) is 19.0 Å². The molecule has 2 heterocycles. The Labute approximate surface area is 180 Å². The van der Waals surface area contributed by atoms with Gasteiger partial charge in [0.05, 0.1) is 28.7 Å². The molecule has 1 saturated carbocycles. The van der Waals surface area contributed by atoms with E-state index < -0.39 is 11.8 Å². The number of hydrogen-bond acceptors (Lipinski definition) is 5. The maximum Gasteiger partial charge on any atom is 0.340 e. The van der Waals surface area contributed by atoms with Crippen LogP contribution in [-0.2, 0) is 4.74 Å². The Bertz CT molecular complexity index is 1170. The third-order valence-corrected chi connectivity index (χ3v) is 5.75. The molecule has 0 unspecified atom stereocenters. The van der Waals surface area contributed by atoms with Crippen LogP contribution < -0.4 is 10.4 Å². The molecule has 158 valence electrons. The second-order valence-electron chi connectivity index (χ2n) is 7.13. The van der Waals surface area contributed by atoms with Crippen LogP contribution in [0.1, 0.15) is 42.1 Å². The van der Waals surface area contributed by atoms with Gasteiger partial charge in [-0.15, -0.1) is 0 Å². The van der Waals surface area contributed by atoms with Crippen LogP contribution in [0.25, 0.3) is 11.0 Å². The summed E-state index contributed by atoms with van der Waals surface area (Å²) < 4.78 is 26.3. The highest BCUT2D eigenvalue weighted by molar-refractivity contribution is 6.35. The molecule has 0 saturated heterocycles. The maximum atomic E-state index is 14.2. The van der Waals surface area contributed by atoms with Crippen LogP contribution in [0, 0.1) is 5.82 Å². The summed E-state index contributed by atoms with van der Waals surface area (Å²) in [5, 5.41) is 0.771. The lowest BCUT2D eigenvalue weighted by atomic mass is 9.92. The van der Waals surface area contributed by atoms with E-state index >= 15 is 0 Å². The first-order chi connectivity index (χ1) is 14.4. The zero-order chi connectivity index (χ0) is 21.4. The van der Waals surface area contributed by atoms with E-state index in [0.29, 0.717) is 52.6 Å². The molecule has 0 bridgehead atoms. The van der Waals surface area contributed by atoms with Crippen molar-refractivity contribution in [3.63, 3.8) is 0 Å². The SMILES string of the molecule is COC(=O)c1cc2c(cc1F)[nH]c(=O)n2C1CCC(Oc2ncc(Cl)cc2Cl)CC1. The van der Waals surface area contributed by atoms with E-state index in [-0.39, 0.29) is 23.4 Å². The van der Waals surface area contributed by atoms with Crippen molar-refractivity contribution in [2.45, 2.75) is 37.8 Å². The van der Waals surface area contributed by atoms with Gasteiger partial charge in [-0.05, 0) is 37.8 Å². The first-order valence-corrected chi connectivity index (χ1v) is 10.1. The minimum absolute atomic E-state index is 0.101. The molecule has 3 aromatic rings. The number of fused-ring (bicyclic) bond motifs is 1. The minimum atomic E-state index is -0.793. The number of H-pyrrole nitrogens is 1. The average Bonchev–Trinajstić information content (AvgIpc) is 3.04.